The molecule has 126 valence electrons. The maximum atomic E-state index is 12.4. The average Bonchev–Trinajstić information content (AvgIpc) is 2.63. The van der Waals surface area contributed by atoms with Gasteiger partial charge in [0.2, 0.25) is 11.9 Å². The number of morpholine rings is 1. The molecule has 24 heavy (non-hydrogen) atoms. The molecule has 0 bridgehead atoms. The molecular formula is C17H19ClN4O2. The number of hydrogen-bond acceptors (Lipinski definition) is 5. The lowest BCUT2D eigenvalue weighted by Crippen LogP contribution is -2.42. The van der Waals surface area contributed by atoms with Gasteiger partial charge in [-0.3, -0.25) is 4.79 Å². The third-order valence-corrected chi connectivity index (χ3v) is 4.10. The first-order valence-corrected chi connectivity index (χ1v) is 8.26. The van der Waals surface area contributed by atoms with Gasteiger partial charge in [0.05, 0.1) is 13.2 Å². The van der Waals surface area contributed by atoms with Crippen LogP contribution in [0.25, 0.3) is 0 Å². The van der Waals surface area contributed by atoms with Crippen molar-refractivity contribution in [3.05, 3.63) is 53.3 Å². The second kappa shape index (κ2) is 8.08. The molecule has 1 aromatic carbocycles. The summed E-state index contributed by atoms with van der Waals surface area (Å²) in [6.45, 7) is 2.22. The number of amides is 1. The molecule has 3 rings (SSSR count). The first-order valence-electron chi connectivity index (χ1n) is 7.88. The molecule has 1 aliphatic rings. The Morgan fingerprint density at radius 1 is 1.29 bits per heavy atom. The molecule has 1 amide bonds. The van der Waals surface area contributed by atoms with Gasteiger partial charge in [0.25, 0.3) is 0 Å². The molecule has 7 heteroatoms. The van der Waals surface area contributed by atoms with E-state index in [0.717, 1.165) is 5.56 Å². The average molecular weight is 347 g/mol. The van der Waals surface area contributed by atoms with Crippen LogP contribution in [0.1, 0.15) is 18.1 Å². The maximum Gasteiger partial charge on any atom is 0.224 e. The van der Waals surface area contributed by atoms with E-state index < -0.39 is 0 Å². The van der Waals surface area contributed by atoms with E-state index >= 15 is 0 Å². The smallest absolute Gasteiger partial charge is 0.224 e. The van der Waals surface area contributed by atoms with E-state index in [1.54, 1.807) is 18.5 Å². The quantitative estimate of drug-likeness (QED) is 0.901. The summed E-state index contributed by atoms with van der Waals surface area (Å²) < 4.78 is 5.79. The van der Waals surface area contributed by atoms with Crippen LogP contribution in [0.15, 0.2) is 42.7 Å². The Morgan fingerprint density at radius 2 is 2.04 bits per heavy atom. The second-order valence-electron chi connectivity index (χ2n) is 5.50. The van der Waals surface area contributed by atoms with Gasteiger partial charge in [0.15, 0.2) is 0 Å². The van der Waals surface area contributed by atoms with E-state index in [2.05, 4.69) is 15.3 Å². The van der Waals surface area contributed by atoms with Crippen LogP contribution in [-0.2, 0) is 9.53 Å². The van der Waals surface area contributed by atoms with Crippen LogP contribution in [0.2, 0.25) is 5.02 Å². The van der Waals surface area contributed by atoms with E-state index in [0.29, 0.717) is 43.6 Å². The van der Waals surface area contributed by atoms with Crippen molar-refractivity contribution in [3.63, 3.8) is 0 Å². The molecule has 2 heterocycles. The van der Waals surface area contributed by atoms with Crippen LogP contribution in [0.3, 0.4) is 0 Å². The molecule has 1 atom stereocenters. The van der Waals surface area contributed by atoms with E-state index in [4.69, 9.17) is 16.3 Å². The molecule has 6 nitrogen and oxygen atoms in total. The van der Waals surface area contributed by atoms with Crippen molar-refractivity contribution in [2.24, 2.45) is 0 Å². The molecule has 0 spiro atoms. The van der Waals surface area contributed by atoms with Gasteiger partial charge < -0.3 is 15.0 Å². The Labute approximate surface area is 145 Å². The summed E-state index contributed by atoms with van der Waals surface area (Å²) in [5.74, 6) is 0.631. The van der Waals surface area contributed by atoms with Crippen molar-refractivity contribution in [1.29, 1.82) is 0 Å². The third kappa shape index (κ3) is 4.43. The second-order valence-corrected chi connectivity index (χ2v) is 5.94. The van der Waals surface area contributed by atoms with Gasteiger partial charge in [-0.1, -0.05) is 23.7 Å². The summed E-state index contributed by atoms with van der Waals surface area (Å²) in [5, 5.41) is 3.74. The van der Waals surface area contributed by atoms with Crippen molar-refractivity contribution in [2.75, 3.05) is 31.6 Å². The lowest BCUT2D eigenvalue weighted by molar-refractivity contribution is -0.138. The minimum absolute atomic E-state index is 0.0979. The highest BCUT2D eigenvalue weighted by Crippen LogP contribution is 2.24. The van der Waals surface area contributed by atoms with Crippen LogP contribution in [0.5, 0.6) is 0 Å². The minimum atomic E-state index is -0.106. The largest absolute Gasteiger partial charge is 0.370 e. The monoisotopic (exact) mass is 346 g/mol. The van der Waals surface area contributed by atoms with Crippen LogP contribution in [-0.4, -0.2) is 47.0 Å². The molecule has 0 aliphatic carbocycles. The summed E-state index contributed by atoms with van der Waals surface area (Å²) in [7, 11) is 0. The highest BCUT2D eigenvalue weighted by molar-refractivity contribution is 6.30. The highest BCUT2D eigenvalue weighted by atomic mass is 35.5. The molecule has 0 radical (unpaired) electrons. The Balaban J connectivity index is 1.50. The predicted molar refractivity (Wildman–Crippen MR) is 91.9 cm³/mol. The fourth-order valence-corrected chi connectivity index (χ4v) is 2.71. The van der Waals surface area contributed by atoms with Gasteiger partial charge >= 0.3 is 0 Å². The first-order chi connectivity index (χ1) is 11.7. The van der Waals surface area contributed by atoms with Crippen molar-refractivity contribution < 1.29 is 9.53 Å². The Morgan fingerprint density at radius 3 is 2.79 bits per heavy atom. The van der Waals surface area contributed by atoms with Crippen molar-refractivity contribution in [2.45, 2.75) is 12.5 Å². The fraction of sp³-hybridized carbons (Fsp3) is 0.353. The highest BCUT2D eigenvalue weighted by Gasteiger charge is 2.25. The van der Waals surface area contributed by atoms with Gasteiger partial charge in [-0.05, 0) is 23.8 Å². The number of nitrogens with one attached hydrogen (secondary N) is 1. The van der Waals surface area contributed by atoms with Gasteiger partial charge in [0.1, 0.15) is 6.10 Å². The standard InChI is InChI=1S/C17H19ClN4O2/c18-14-4-2-13(3-5-14)15-12-22(10-11-24-15)16(23)6-9-21-17-19-7-1-8-20-17/h1-5,7-8,15H,6,9-12H2,(H,19,20,21). The van der Waals surface area contributed by atoms with E-state index in [9.17, 15) is 4.79 Å². The summed E-state index contributed by atoms with van der Waals surface area (Å²) in [4.78, 5) is 22.4. The summed E-state index contributed by atoms with van der Waals surface area (Å²) in [5.41, 5.74) is 1.03. The predicted octanol–water partition coefficient (Wildman–Crippen LogP) is 2.53. The SMILES string of the molecule is O=C(CCNc1ncccn1)N1CCOC(c2ccc(Cl)cc2)C1. The number of ether oxygens (including phenoxy) is 1. The molecule has 1 unspecified atom stereocenters. The maximum absolute atomic E-state index is 12.4. The van der Waals surface area contributed by atoms with Gasteiger partial charge in [-0.2, -0.15) is 0 Å². The summed E-state index contributed by atoms with van der Waals surface area (Å²) in [6.07, 6.45) is 3.61. The lowest BCUT2D eigenvalue weighted by Gasteiger charge is -2.33. The number of aromatic nitrogens is 2. The number of carbonyl (C=O) groups excluding carboxylic acids is 1. The molecule has 2 aromatic rings. The Kier molecular flexibility index (Phi) is 5.61. The molecule has 1 N–H and O–H groups in total. The number of anilines is 1. The van der Waals surface area contributed by atoms with Crippen molar-refractivity contribution in [1.82, 2.24) is 14.9 Å². The van der Waals surface area contributed by atoms with Crippen molar-refractivity contribution in [3.8, 4) is 0 Å². The molecule has 1 fully saturated rings. The summed E-state index contributed by atoms with van der Waals surface area (Å²) in [6, 6.07) is 9.31. The van der Waals surface area contributed by atoms with Crippen LogP contribution < -0.4 is 5.32 Å². The van der Waals surface area contributed by atoms with E-state index in [-0.39, 0.29) is 12.0 Å². The number of nitrogens with zero attached hydrogens (tertiary/aromatic N) is 3. The molecule has 1 aromatic heterocycles. The zero-order valence-corrected chi connectivity index (χ0v) is 13.9. The zero-order chi connectivity index (χ0) is 16.8. The number of benzene rings is 1. The molecule has 1 aliphatic heterocycles. The zero-order valence-electron chi connectivity index (χ0n) is 13.2. The van der Waals surface area contributed by atoms with Crippen LogP contribution in [0.4, 0.5) is 5.95 Å². The Hall–Kier alpha value is -2.18. The fourth-order valence-electron chi connectivity index (χ4n) is 2.58. The molecule has 1 saturated heterocycles. The lowest BCUT2D eigenvalue weighted by atomic mass is 10.1. The van der Waals surface area contributed by atoms with Gasteiger partial charge in [-0.15, -0.1) is 0 Å². The summed E-state index contributed by atoms with van der Waals surface area (Å²) >= 11 is 5.91. The van der Waals surface area contributed by atoms with E-state index in [1.807, 2.05) is 29.2 Å². The third-order valence-electron chi connectivity index (χ3n) is 3.85. The number of rotatable bonds is 5. The van der Waals surface area contributed by atoms with Crippen LogP contribution in [0, 0.1) is 0 Å². The number of halogens is 1. The van der Waals surface area contributed by atoms with Gasteiger partial charge in [0, 0.05) is 36.9 Å². The van der Waals surface area contributed by atoms with Crippen LogP contribution >= 0.6 is 11.6 Å². The van der Waals surface area contributed by atoms with Gasteiger partial charge in [-0.25, -0.2) is 9.97 Å². The first kappa shape index (κ1) is 16.7. The topological polar surface area (TPSA) is 67.4 Å². The molecule has 0 saturated carbocycles. The van der Waals surface area contributed by atoms with E-state index in [1.165, 1.54) is 0 Å². The van der Waals surface area contributed by atoms with Crippen molar-refractivity contribution >= 4 is 23.5 Å². The normalized spacial score (nSPS) is 17.5. The number of carbonyl (C=O) groups is 1. The number of hydrogen-bond donors (Lipinski definition) is 1. The minimum Gasteiger partial charge on any atom is -0.370 e. The Bertz CT molecular complexity index is 666. The molecular weight excluding hydrogens is 328 g/mol.